The van der Waals surface area contributed by atoms with Crippen LogP contribution in [0.2, 0.25) is 0 Å². The number of hydrogen-bond donors (Lipinski definition) is 0. The second-order valence-corrected chi connectivity index (χ2v) is 1.65. The number of carbonyl (C=O) groups is 1. The summed E-state index contributed by atoms with van der Waals surface area (Å²) in [7, 11) is 2.99. The quantitative estimate of drug-likeness (QED) is 0.401. The van der Waals surface area contributed by atoms with Gasteiger partial charge in [-0.1, -0.05) is 0 Å². The van der Waals surface area contributed by atoms with Crippen molar-refractivity contribution in [1.82, 2.24) is 0 Å². The molecule has 0 radical (unpaired) electrons. The predicted molar refractivity (Wildman–Crippen MR) is 34.7 cm³/mol. The van der Waals surface area contributed by atoms with E-state index < -0.39 is 0 Å². The molecule has 0 aromatic carbocycles. The van der Waals surface area contributed by atoms with E-state index in [0.29, 0.717) is 13.2 Å². The summed E-state index contributed by atoms with van der Waals surface area (Å²) in [4.78, 5) is 10.5. The standard InChI is InChI=1S/C6H12O4/c1-8-3-4-10-6(7)5-9-2/h3-5H2,1-2H3. The lowest BCUT2D eigenvalue weighted by atomic mass is 10.7. The highest BCUT2D eigenvalue weighted by Crippen LogP contribution is 1.79. The molecule has 4 heteroatoms. The van der Waals surface area contributed by atoms with Crippen LogP contribution in [0.1, 0.15) is 0 Å². The lowest BCUT2D eigenvalue weighted by molar-refractivity contribution is -0.149. The van der Waals surface area contributed by atoms with Crippen LogP contribution in [0.3, 0.4) is 0 Å². The van der Waals surface area contributed by atoms with Crippen LogP contribution in [0, 0.1) is 0 Å². The van der Waals surface area contributed by atoms with Crippen LogP contribution in [0.25, 0.3) is 0 Å². The highest BCUT2D eigenvalue weighted by atomic mass is 16.6. The first-order chi connectivity index (χ1) is 4.81. The van der Waals surface area contributed by atoms with Gasteiger partial charge in [0.1, 0.15) is 13.2 Å². The summed E-state index contributed by atoms with van der Waals surface area (Å²) in [6.45, 7) is 0.720. The Balaban J connectivity index is 3.05. The number of esters is 1. The Morgan fingerprint density at radius 1 is 1.20 bits per heavy atom. The van der Waals surface area contributed by atoms with Crippen LogP contribution in [0.4, 0.5) is 0 Å². The minimum Gasteiger partial charge on any atom is -0.462 e. The molecule has 4 nitrogen and oxygen atoms in total. The fourth-order valence-corrected chi connectivity index (χ4v) is 0.398. The van der Waals surface area contributed by atoms with Gasteiger partial charge in [-0.25, -0.2) is 4.79 Å². The minimum atomic E-state index is -0.362. The molecule has 0 saturated heterocycles. The molecule has 0 aliphatic rings. The van der Waals surface area contributed by atoms with E-state index in [1.165, 1.54) is 7.11 Å². The van der Waals surface area contributed by atoms with Crippen molar-refractivity contribution < 1.29 is 19.0 Å². The van der Waals surface area contributed by atoms with Gasteiger partial charge in [-0.2, -0.15) is 0 Å². The van der Waals surface area contributed by atoms with E-state index >= 15 is 0 Å². The molecule has 0 bridgehead atoms. The van der Waals surface area contributed by atoms with Crippen molar-refractivity contribution in [1.29, 1.82) is 0 Å². The lowest BCUT2D eigenvalue weighted by Gasteiger charge is -2.01. The highest BCUT2D eigenvalue weighted by molar-refractivity contribution is 5.70. The highest BCUT2D eigenvalue weighted by Gasteiger charge is 1.98. The summed E-state index contributed by atoms with van der Waals surface area (Å²) in [6.07, 6.45) is 0. The van der Waals surface area contributed by atoms with E-state index in [2.05, 4.69) is 14.2 Å². The Hall–Kier alpha value is -0.610. The van der Waals surface area contributed by atoms with E-state index in [0.717, 1.165) is 0 Å². The maximum Gasteiger partial charge on any atom is 0.332 e. The van der Waals surface area contributed by atoms with E-state index in [9.17, 15) is 4.79 Å². The zero-order valence-electron chi connectivity index (χ0n) is 6.25. The van der Waals surface area contributed by atoms with Crippen molar-refractivity contribution >= 4 is 5.97 Å². The molecular formula is C6H12O4. The average molecular weight is 148 g/mol. The maximum absolute atomic E-state index is 10.5. The van der Waals surface area contributed by atoms with Gasteiger partial charge in [-0.3, -0.25) is 0 Å². The molecule has 0 saturated carbocycles. The zero-order chi connectivity index (χ0) is 7.82. The van der Waals surface area contributed by atoms with Gasteiger partial charge in [0, 0.05) is 14.2 Å². The van der Waals surface area contributed by atoms with E-state index in [-0.39, 0.29) is 12.6 Å². The number of hydrogen-bond acceptors (Lipinski definition) is 4. The topological polar surface area (TPSA) is 44.8 Å². The summed E-state index contributed by atoms with van der Waals surface area (Å²) in [5.41, 5.74) is 0. The molecule has 0 aromatic rings. The van der Waals surface area contributed by atoms with Crippen molar-refractivity contribution in [3.63, 3.8) is 0 Å². The van der Waals surface area contributed by atoms with Gasteiger partial charge in [-0.05, 0) is 0 Å². The molecule has 10 heavy (non-hydrogen) atoms. The fourth-order valence-electron chi connectivity index (χ4n) is 0.398. The van der Waals surface area contributed by atoms with Gasteiger partial charge in [0.15, 0.2) is 0 Å². The Bertz CT molecular complexity index is 91.7. The number of ether oxygens (including phenoxy) is 3. The molecular weight excluding hydrogens is 136 g/mol. The van der Waals surface area contributed by atoms with Gasteiger partial charge in [-0.15, -0.1) is 0 Å². The first kappa shape index (κ1) is 9.39. The molecule has 0 rings (SSSR count). The normalized spacial score (nSPS) is 9.40. The molecule has 0 aromatic heterocycles. The lowest BCUT2D eigenvalue weighted by Crippen LogP contribution is -2.14. The van der Waals surface area contributed by atoms with Crippen LogP contribution in [-0.4, -0.2) is 40.0 Å². The molecule has 0 atom stereocenters. The fraction of sp³-hybridized carbons (Fsp3) is 0.833. The summed E-state index contributed by atoms with van der Waals surface area (Å²) in [6, 6.07) is 0. The Labute approximate surface area is 60.1 Å². The average Bonchev–Trinajstić information content (AvgIpc) is 1.89. The van der Waals surface area contributed by atoms with Crippen LogP contribution in [0.5, 0.6) is 0 Å². The Kier molecular flexibility index (Phi) is 6.11. The number of carbonyl (C=O) groups excluding carboxylic acids is 1. The second kappa shape index (κ2) is 6.51. The molecule has 0 aliphatic carbocycles. The number of rotatable bonds is 5. The Morgan fingerprint density at radius 2 is 1.90 bits per heavy atom. The maximum atomic E-state index is 10.5. The second-order valence-electron chi connectivity index (χ2n) is 1.65. The van der Waals surface area contributed by atoms with E-state index in [1.54, 1.807) is 7.11 Å². The first-order valence-electron chi connectivity index (χ1n) is 2.94. The van der Waals surface area contributed by atoms with Crippen molar-refractivity contribution in [2.24, 2.45) is 0 Å². The van der Waals surface area contributed by atoms with Crippen molar-refractivity contribution in [2.75, 3.05) is 34.0 Å². The first-order valence-corrected chi connectivity index (χ1v) is 2.94. The van der Waals surface area contributed by atoms with Gasteiger partial charge in [0.25, 0.3) is 0 Å². The van der Waals surface area contributed by atoms with Crippen LogP contribution in [-0.2, 0) is 19.0 Å². The molecule has 60 valence electrons. The third-order valence-electron chi connectivity index (χ3n) is 0.813. The smallest absolute Gasteiger partial charge is 0.332 e. The molecule has 0 fully saturated rings. The van der Waals surface area contributed by atoms with Crippen molar-refractivity contribution in [3.05, 3.63) is 0 Å². The summed E-state index contributed by atoms with van der Waals surface area (Å²) in [5.74, 6) is -0.362. The van der Waals surface area contributed by atoms with Gasteiger partial charge in [0.2, 0.25) is 0 Å². The molecule has 0 heterocycles. The monoisotopic (exact) mass is 148 g/mol. The van der Waals surface area contributed by atoms with Crippen molar-refractivity contribution in [3.8, 4) is 0 Å². The largest absolute Gasteiger partial charge is 0.462 e. The SMILES string of the molecule is COCCOC(=O)COC. The third-order valence-corrected chi connectivity index (χ3v) is 0.813. The number of methoxy groups -OCH3 is 2. The Morgan fingerprint density at radius 3 is 2.40 bits per heavy atom. The zero-order valence-corrected chi connectivity index (χ0v) is 6.25. The summed E-state index contributed by atoms with van der Waals surface area (Å²) >= 11 is 0. The van der Waals surface area contributed by atoms with Gasteiger partial charge < -0.3 is 14.2 Å². The summed E-state index contributed by atoms with van der Waals surface area (Å²) in [5, 5.41) is 0. The summed E-state index contributed by atoms with van der Waals surface area (Å²) < 4.78 is 13.8. The molecule has 0 unspecified atom stereocenters. The van der Waals surface area contributed by atoms with Gasteiger partial charge >= 0.3 is 5.97 Å². The van der Waals surface area contributed by atoms with Crippen LogP contribution < -0.4 is 0 Å². The van der Waals surface area contributed by atoms with E-state index in [4.69, 9.17) is 0 Å². The predicted octanol–water partition coefficient (Wildman–Crippen LogP) is -0.178. The van der Waals surface area contributed by atoms with E-state index in [1.807, 2.05) is 0 Å². The molecule has 0 amide bonds. The molecule has 0 N–H and O–H groups in total. The molecule has 0 spiro atoms. The molecule has 0 aliphatic heterocycles. The third kappa shape index (κ3) is 5.53. The van der Waals surface area contributed by atoms with Crippen molar-refractivity contribution in [2.45, 2.75) is 0 Å². The van der Waals surface area contributed by atoms with Crippen LogP contribution >= 0.6 is 0 Å². The minimum absolute atomic E-state index is 0.00368. The van der Waals surface area contributed by atoms with Crippen LogP contribution in [0.15, 0.2) is 0 Å². The van der Waals surface area contributed by atoms with Gasteiger partial charge in [0.05, 0.1) is 6.61 Å².